The second-order valence-corrected chi connectivity index (χ2v) is 8.77. The van der Waals surface area contributed by atoms with Gasteiger partial charge in [-0.15, -0.1) is 0 Å². The van der Waals surface area contributed by atoms with Gasteiger partial charge in [-0.2, -0.15) is 0 Å². The van der Waals surface area contributed by atoms with E-state index in [1.807, 2.05) is 73.7 Å². The Morgan fingerprint density at radius 2 is 1.44 bits per heavy atom. The molecule has 6 nitrogen and oxygen atoms in total. The molecule has 2 heterocycles. The average Bonchev–Trinajstić information content (AvgIpc) is 3.38. The number of hydrogen-bond donors (Lipinski definition) is 0. The smallest absolute Gasteiger partial charge is 0.266 e. The van der Waals surface area contributed by atoms with Gasteiger partial charge in [0.05, 0.1) is 17.4 Å². The van der Waals surface area contributed by atoms with E-state index in [1.54, 1.807) is 5.06 Å². The van der Waals surface area contributed by atoms with Crippen LogP contribution in [0.25, 0.3) is 0 Å². The van der Waals surface area contributed by atoms with Gasteiger partial charge in [0.15, 0.2) is 6.10 Å². The Labute approximate surface area is 200 Å². The van der Waals surface area contributed by atoms with E-state index in [1.165, 1.54) is 4.90 Å². The highest BCUT2D eigenvalue weighted by atomic mass is 16.7. The molecule has 3 atom stereocenters. The first-order chi connectivity index (χ1) is 16.5. The molecule has 0 N–H and O–H groups in total. The van der Waals surface area contributed by atoms with Gasteiger partial charge in [0.25, 0.3) is 5.91 Å². The molecule has 0 unspecified atom stereocenters. The van der Waals surface area contributed by atoms with E-state index in [0.717, 1.165) is 35.6 Å². The van der Waals surface area contributed by atoms with Crippen LogP contribution in [0.3, 0.4) is 0 Å². The van der Waals surface area contributed by atoms with Gasteiger partial charge in [0, 0.05) is 18.8 Å². The predicted octanol–water partition coefficient (Wildman–Crippen LogP) is 4.89. The summed E-state index contributed by atoms with van der Waals surface area (Å²) < 4.78 is 0. The summed E-state index contributed by atoms with van der Waals surface area (Å²) in [5.74, 6) is -1.18. The second-order valence-electron chi connectivity index (χ2n) is 8.77. The normalized spacial score (nSPS) is 21.8. The van der Waals surface area contributed by atoms with Gasteiger partial charge >= 0.3 is 0 Å². The minimum atomic E-state index is -0.860. The van der Waals surface area contributed by atoms with Crippen LogP contribution in [-0.2, 0) is 14.4 Å². The molecule has 5 rings (SSSR count). The third-order valence-electron chi connectivity index (χ3n) is 6.78. The number of rotatable bonds is 6. The van der Waals surface area contributed by atoms with Crippen LogP contribution in [0, 0.1) is 12.8 Å². The lowest BCUT2D eigenvalue weighted by molar-refractivity contribution is -0.126. The van der Waals surface area contributed by atoms with E-state index in [2.05, 4.69) is 30.9 Å². The minimum absolute atomic E-state index is 0.227. The highest BCUT2D eigenvalue weighted by molar-refractivity contribution is 6.23. The number of benzene rings is 3. The molecule has 174 valence electrons. The third kappa shape index (κ3) is 3.64. The van der Waals surface area contributed by atoms with Gasteiger partial charge in [0.2, 0.25) is 5.91 Å². The molecule has 34 heavy (non-hydrogen) atoms. The summed E-state index contributed by atoms with van der Waals surface area (Å²) in [6, 6.07) is 24.9. The van der Waals surface area contributed by atoms with Crippen molar-refractivity contribution < 1.29 is 14.4 Å². The molecule has 2 aliphatic rings. The number of carbonyl (C=O) groups excluding carboxylic acids is 2. The van der Waals surface area contributed by atoms with Crippen LogP contribution < -0.4 is 14.9 Å². The Balaban J connectivity index is 1.54. The monoisotopic (exact) mass is 455 g/mol. The zero-order valence-electron chi connectivity index (χ0n) is 19.7. The second kappa shape index (κ2) is 8.95. The lowest BCUT2D eigenvalue weighted by Crippen LogP contribution is -2.37. The SMILES string of the molecule is CCN(CC)c1ccc([C@@H]2[C@H]3C(=O)N(c4ccc(C)cc4)C(=O)[C@H]3ON2c2ccccc2)cc1. The van der Waals surface area contributed by atoms with Gasteiger partial charge in [-0.25, -0.2) is 9.96 Å². The summed E-state index contributed by atoms with van der Waals surface area (Å²) in [7, 11) is 0. The molecule has 0 bridgehead atoms. The van der Waals surface area contributed by atoms with Crippen LogP contribution in [0.5, 0.6) is 0 Å². The zero-order chi connectivity index (χ0) is 23.8. The maximum atomic E-state index is 13.7. The number of nitrogens with zero attached hydrogens (tertiary/aromatic N) is 3. The first-order valence-corrected chi connectivity index (χ1v) is 11.8. The van der Waals surface area contributed by atoms with Crippen molar-refractivity contribution in [1.82, 2.24) is 0 Å². The summed E-state index contributed by atoms with van der Waals surface area (Å²) in [6.45, 7) is 8.08. The van der Waals surface area contributed by atoms with E-state index < -0.39 is 18.1 Å². The van der Waals surface area contributed by atoms with Crippen LogP contribution in [-0.4, -0.2) is 31.0 Å². The fourth-order valence-electron chi connectivity index (χ4n) is 4.97. The number of amides is 2. The van der Waals surface area contributed by atoms with Crippen molar-refractivity contribution in [3.05, 3.63) is 90.0 Å². The Hall–Kier alpha value is -3.64. The molecule has 3 aromatic carbocycles. The number of hydrogen-bond acceptors (Lipinski definition) is 5. The fourth-order valence-corrected chi connectivity index (χ4v) is 4.97. The topological polar surface area (TPSA) is 53.1 Å². The standard InChI is InChI=1S/C28H29N3O3/c1-4-29(5-2)21-17-13-20(14-18-21)25-24-26(34-31(25)23-9-7-6-8-10-23)28(33)30(27(24)32)22-15-11-19(3)12-16-22/h6-18,24-26H,4-5H2,1-3H3/t24-,25-,26+/m1/s1. The highest BCUT2D eigenvalue weighted by Crippen LogP contribution is 2.47. The van der Waals surface area contributed by atoms with Crippen LogP contribution >= 0.6 is 0 Å². The van der Waals surface area contributed by atoms with Crippen molar-refractivity contribution in [3.63, 3.8) is 0 Å². The van der Waals surface area contributed by atoms with Crippen molar-refractivity contribution in [1.29, 1.82) is 0 Å². The molecule has 0 aromatic heterocycles. The van der Waals surface area contributed by atoms with Gasteiger partial charge in [-0.05, 0) is 62.7 Å². The molecule has 0 saturated carbocycles. The number of carbonyl (C=O) groups is 2. The Morgan fingerprint density at radius 3 is 2.06 bits per heavy atom. The average molecular weight is 456 g/mol. The lowest BCUT2D eigenvalue weighted by atomic mass is 9.90. The van der Waals surface area contributed by atoms with Crippen LogP contribution in [0.4, 0.5) is 17.1 Å². The van der Waals surface area contributed by atoms with Crippen molar-refractivity contribution >= 4 is 28.9 Å². The van der Waals surface area contributed by atoms with Gasteiger partial charge in [-0.1, -0.05) is 48.0 Å². The predicted molar refractivity (Wildman–Crippen MR) is 134 cm³/mol. The van der Waals surface area contributed by atoms with Crippen molar-refractivity contribution in [3.8, 4) is 0 Å². The number of aryl methyl sites for hydroxylation is 1. The molecule has 2 saturated heterocycles. The first kappa shape index (κ1) is 22.2. The third-order valence-corrected chi connectivity index (χ3v) is 6.78. The zero-order valence-corrected chi connectivity index (χ0v) is 19.7. The Morgan fingerprint density at radius 1 is 0.794 bits per heavy atom. The van der Waals surface area contributed by atoms with Crippen molar-refractivity contribution in [2.75, 3.05) is 28.0 Å². The van der Waals surface area contributed by atoms with Crippen molar-refractivity contribution in [2.45, 2.75) is 32.9 Å². The van der Waals surface area contributed by atoms with Crippen molar-refractivity contribution in [2.24, 2.45) is 5.92 Å². The Bertz CT molecular complexity index is 1170. The molecule has 2 aliphatic heterocycles. The van der Waals surface area contributed by atoms with Gasteiger partial charge in [-0.3, -0.25) is 14.4 Å². The van der Waals surface area contributed by atoms with E-state index in [0.29, 0.717) is 5.69 Å². The van der Waals surface area contributed by atoms with Gasteiger partial charge < -0.3 is 4.90 Å². The fraction of sp³-hybridized carbons (Fsp3) is 0.286. The molecule has 0 spiro atoms. The molecule has 2 fully saturated rings. The maximum Gasteiger partial charge on any atom is 0.266 e. The van der Waals surface area contributed by atoms with Crippen LogP contribution in [0.1, 0.15) is 31.0 Å². The number of fused-ring (bicyclic) bond motifs is 1. The van der Waals surface area contributed by atoms with E-state index in [9.17, 15) is 9.59 Å². The number of para-hydroxylation sites is 1. The minimum Gasteiger partial charge on any atom is -0.372 e. The summed E-state index contributed by atoms with van der Waals surface area (Å²) in [5, 5.41) is 1.74. The molecule has 0 radical (unpaired) electrons. The highest BCUT2D eigenvalue weighted by Gasteiger charge is 2.60. The first-order valence-electron chi connectivity index (χ1n) is 11.8. The molecule has 2 amide bonds. The van der Waals surface area contributed by atoms with Crippen LogP contribution in [0.2, 0.25) is 0 Å². The molecular weight excluding hydrogens is 426 g/mol. The molecule has 0 aliphatic carbocycles. The summed E-state index contributed by atoms with van der Waals surface area (Å²) in [6.07, 6.45) is -0.860. The largest absolute Gasteiger partial charge is 0.372 e. The lowest BCUT2D eigenvalue weighted by Gasteiger charge is -2.29. The molecule has 6 heteroatoms. The maximum absolute atomic E-state index is 13.7. The summed E-state index contributed by atoms with van der Waals surface area (Å²) >= 11 is 0. The number of anilines is 3. The number of hydroxylamine groups is 1. The molecular formula is C28H29N3O3. The summed E-state index contributed by atoms with van der Waals surface area (Å²) in [5.41, 5.74) is 4.54. The van der Waals surface area contributed by atoms with E-state index in [-0.39, 0.29) is 11.8 Å². The van der Waals surface area contributed by atoms with Gasteiger partial charge in [0.1, 0.15) is 5.92 Å². The van der Waals surface area contributed by atoms with E-state index >= 15 is 0 Å². The number of imide groups is 1. The summed E-state index contributed by atoms with van der Waals surface area (Å²) in [4.78, 5) is 36.9. The quantitative estimate of drug-likeness (QED) is 0.495. The molecule has 3 aromatic rings. The Kier molecular flexibility index (Phi) is 5.84. The van der Waals surface area contributed by atoms with E-state index in [4.69, 9.17) is 4.84 Å². The van der Waals surface area contributed by atoms with Crippen LogP contribution in [0.15, 0.2) is 78.9 Å².